The summed E-state index contributed by atoms with van der Waals surface area (Å²) < 4.78 is 16.6. The molecule has 1 aliphatic rings. The normalized spacial score (nSPS) is 18.0. The highest BCUT2D eigenvalue weighted by Gasteiger charge is 2.28. The number of methoxy groups -OCH3 is 1. The fourth-order valence-electron chi connectivity index (χ4n) is 3.31. The van der Waals surface area contributed by atoms with Gasteiger partial charge in [0.05, 0.1) is 19.8 Å². The molecule has 1 fully saturated rings. The topological polar surface area (TPSA) is 47.7 Å². The van der Waals surface area contributed by atoms with Gasteiger partial charge in [0, 0.05) is 12.6 Å². The fourth-order valence-corrected chi connectivity index (χ4v) is 3.31. The minimum atomic E-state index is 0.334. The number of rotatable bonds is 7. The van der Waals surface area contributed by atoms with Gasteiger partial charge in [0.15, 0.2) is 11.5 Å². The summed E-state index contributed by atoms with van der Waals surface area (Å²) in [4.78, 5) is 2.46. The van der Waals surface area contributed by atoms with E-state index in [9.17, 15) is 0 Å². The maximum atomic E-state index is 5.85. The highest BCUT2D eigenvalue weighted by molar-refractivity contribution is 5.43. The summed E-state index contributed by atoms with van der Waals surface area (Å²) in [6.45, 7) is 8.85. The van der Waals surface area contributed by atoms with Gasteiger partial charge in [0.1, 0.15) is 11.5 Å². The van der Waals surface area contributed by atoms with Crippen LogP contribution < -0.4 is 9.47 Å². The molecule has 2 heterocycles. The van der Waals surface area contributed by atoms with E-state index in [2.05, 4.69) is 36.0 Å². The van der Waals surface area contributed by atoms with E-state index in [0.29, 0.717) is 18.6 Å². The Balaban J connectivity index is 1.71. The minimum Gasteiger partial charge on any atom is -0.493 e. The average Bonchev–Trinajstić information content (AvgIpc) is 3.22. The lowest BCUT2D eigenvalue weighted by atomic mass is 10.1. The SMILES string of the molecule is COc1cc(CN2CCC[C@H]2c2cc(C)on2)ccc1OCC(C)C. The summed E-state index contributed by atoms with van der Waals surface area (Å²) in [5, 5.41) is 4.22. The van der Waals surface area contributed by atoms with Crippen LogP contribution in [0, 0.1) is 12.8 Å². The van der Waals surface area contributed by atoms with Gasteiger partial charge in [-0.25, -0.2) is 0 Å². The Hall–Kier alpha value is -2.01. The lowest BCUT2D eigenvalue weighted by Gasteiger charge is -2.23. The molecular formula is C20H28N2O3. The van der Waals surface area contributed by atoms with Crippen molar-refractivity contribution in [3.05, 3.63) is 41.3 Å². The summed E-state index contributed by atoms with van der Waals surface area (Å²) in [6, 6.07) is 8.61. The first-order chi connectivity index (χ1) is 12.1. The van der Waals surface area contributed by atoms with Crippen LogP contribution in [0.3, 0.4) is 0 Å². The van der Waals surface area contributed by atoms with E-state index in [0.717, 1.165) is 42.5 Å². The maximum Gasteiger partial charge on any atom is 0.161 e. The van der Waals surface area contributed by atoms with Crippen LogP contribution in [0.5, 0.6) is 11.5 Å². The number of hydrogen-bond donors (Lipinski definition) is 0. The Labute approximate surface area is 149 Å². The van der Waals surface area contributed by atoms with E-state index < -0.39 is 0 Å². The summed E-state index contributed by atoms with van der Waals surface area (Å²) >= 11 is 0. The zero-order valence-electron chi connectivity index (χ0n) is 15.6. The molecule has 0 aliphatic carbocycles. The van der Waals surface area contributed by atoms with Crippen molar-refractivity contribution in [1.29, 1.82) is 0 Å². The molecule has 1 aliphatic heterocycles. The molecule has 25 heavy (non-hydrogen) atoms. The Morgan fingerprint density at radius 3 is 2.80 bits per heavy atom. The molecule has 1 saturated heterocycles. The minimum absolute atomic E-state index is 0.334. The monoisotopic (exact) mass is 344 g/mol. The van der Waals surface area contributed by atoms with Crippen molar-refractivity contribution in [2.75, 3.05) is 20.3 Å². The Morgan fingerprint density at radius 2 is 2.12 bits per heavy atom. The number of likely N-dealkylation sites (tertiary alicyclic amines) is 1. The molecule has 1 atom stereocenters. The molecule has 5 nitrogen and oxygen atoms in total. The lowest BCUT2D eigenvalue weighted by molar-refractivity contribution is 0.235. The molecule has 0 spiro atoms. The van der Waals surface area contributed by atoms with Gasteiger partial charge in [0.25, 0.3) is 0 Å². The van der Waals surface area contributed by atoms with E-state index in [1.807, 2.05) is 19.1 Å². The molecule has 0 saturated carbocycles. The molecule has 0 amide bonds. The van der Waals surface area contributed by atoms with E-state index in [4.69, 9.17) is 14.0 Å². The summed E-state index contributed by atoms with van der Waals surface area (Å²) in [6.07, 6.45) is 2.31. The molecule has 0 radical (unpaired) electrons. The molecule has 3 rings (SSSR count). The summed E-state index contributed by atoms with van der Waals surface area (Å²) in [7, 11) is 1.69. The van der Waals surface area contributed by atoms with Gasteiger partial charge in [-0.2, -0.15) is 0 Å². The number of nitrogens with zero attached hydrogens (tertiary/aromatic N) is 2. The van der Waals surface area contributed by atoms with Gasteiger partial charge >= 0.3 is 0 Å². The Morgan fingerprint density at radius 1 is 1.28 bits per heavy atom. The quantitative estimate of drug-likeness (QED) is 0.747. The first-order valence-corrected chi connectivity index (χ1v) is 9.03. The third-order valence-corrected chi connectivity index (χ3v) is 4.54. The van der Waals surface area contributed by atoms with Crippen molar-refractivity contribution < 1.29 is 14.0 Å². The van der Waals surface area contributed by atoms with Crippen LogP contribution in [-0.4, -0.2) is 30.3 Å². The number of aromatic nitrogens is 1. The van der Waals surface area contributed by atoms with Gasteiger partial charge in [-0.05, 0) is 49.9 Å². The molecule has 5 heteroatoms. The fraction of sp³-hybridized carbons (Fsp3) is 0.550. The second-order valence-electron chi connectivity index (χ2n) is 7.18. The van der Waals surface area contributed by atoms with E-state index in [1.165, 1.54) is 12.0 Å². The van der Waals surface area contributed by atoms with Gasteiger partial charge in [-0.1, -0.05) is 25.1 Å². The summed E-state index contributed by atoms with van der Waals surface area (Å²) in [5.41, 5.74) is 2.26. The molecule has 0 unspecified atom stereocenters. The van der Waals surface area contributed by atoms with Crippen LogP contribution in [-0.2, 0) is 6.54 Å². The predicted octanol–water partition coefficient (Wildman–Crippen LogP) is 4.36. The van der Waals surface area contributed by atoms with Crippen LogP contribution in [0.25, 0.3) is 0 Å². The largest absolute Gasteiger partial charge is 0.493 e. The van der Waals surface area contributed by atoms with Gasteiger partial charge in [-0.3, -0.25) is 4.90 Å². The molecule has 2 aromatic rings. The maximum absolute atomic E-state index is 5.85. The van der Waals surface area contributed by atoms with Crippen LogP contribution in [0.2, 0.25) is 0 Å². The number of ether oxygens (including phenoxy) is 2. The third-order valence-electron chi connectivity index (χ3n) is 4.54. The number of benzene rings is 1. The van der Waals surface area contributed by atoms with Crippen molar-refractivity contribution in [3.8, 4) is 11.5 Å². The van der Waals surface area contributed by atoms with Gasteiger partial charge < -0.3 is 14.0 Å². The smallest absolute Gasteiger partial charge is 0.161 e. The predicted molar refractivity (Wildman–Crippen MR) is 97.0 cm³/mol. The number of hydrogen-bond acceptors (Lipinski definition) is 5. The van der Waals surface area contributed by atoms with Gasteiger partial charge in [0.2, 0.25) is 0 Å². The second kappa shape index (κ2) is 7.91. The van der Waals surface area contributed by atoms with Crippen molar-refractivity contribution >= 4 is 0 Å². The lowest BCUT2D eigenvalue weighted by Crippen LogP contribution is -2.23. The Kier molecular flexibility index (Phi) is 5.63. The van der Waals surface area contributed by atoms with E-state index in [1.54, 1.807) is 7.11 Å². The highest BCUT2D eigenvalue weighted by Crippen LogP contribution is 2.34. The first kappa shape index (κ1) is 17.8. The standard InChI is InChI=1S/C20H28N2O3/c1-14(2)13-24-19-8-7-16(11-20(19)23-4)12-22-9-5-6-18(22)17-10-15(3)25-21-17/h7-8,10-11,14,18H,5-6,9,12-13H2,1-4H3/t18-/m0/s1. The van der Waals surface area contributed by atoms with Crippen LogP contribution >= 0.6 is 0 Å². The molecule has 1 aromatic carbocycles. The van der Waals surface area contributed by atoms with E-state index >= 15 is 0 Å². The number of aryl methyl sites for hydroxylation is 1. The molecule has 1 aromatic heterocycles. The zero-order chi connectivity index (χ0) is 17.8. The molecular weight excluding hydrogens is 316 g/mol. The second-order valence-corrected chi connectivity index (χ2v) is 7.18. The highest BCUT2D eigenvalue weighted by atomic mass is 16.5. The van der Waals surface area contributed by atoms with Crippen LogP contribution in [0.1, 0.15) is 49.7 Å². The van der Waals surface area contributed by atoms with Crippen LogP contribution in [0.15, 0.2) is 28.8 Å². The van der Waals surface area contributed by atoms with Crippen LogP contribution in [0.4, 0.5) is 0 Å². The third kappa shape index (κ3) is 4.34. The summed E-state index contributed by atoms with van der Waals surface area (Å²) in [5.74, 6) is 2.96. The van der Waals surface area contributed by atoms with Crippen molar-refractivity contribution in [3.63, 3.8) is 0 Å². The first-order valence-electron chi connectivity index (χ1n) is 9.03. The van der Waals surface area contributed by atoms with Crippen molar-refractivity contribution in [2.24, 2.45) is 5.92 Å². The molecule has 0 N–H and O–H groups in total. The average molecular weight is 344 g/mol. The Bertz CT molecular complexity index is 696. The van der Waals surface area contributed by atoms with Gasteiger partial charge in [-0.15, -0.1) is 0 Å². The zero-order valence-corrected chi connectivity index (χ0v) is 15.6. The van der Waals surface area contributed by atoms with Crippen molar-refractivity contribution in [2.45, 2.75) is 46.2 Å². The van der Waals surface area contributed by atoms with Crippen molar-refractivity contribution in [1.82, 2.24) is 10.1 Å². The van der Waals surface area contributed by atoms with E-state index in [-0.39, 0.29) is 0 Å². The molecule has 0 bridgehead atoms. The molecule has 136 valence electrons.